The Labute approximate surface area is 242 Å². The van der Waals surface area contributed by atoms with Crippen LogP contribution in [0.25, 0.3) is 0 Å². The number of nitrogens with zero attached hydrogens (tertiary/aromatic N) is 1. The van der Waals surface area contributed by atoms with E-state index in [1.807, 2.05) is 0 Å². The fourth-order valence-corrected chi connectivity index (χ4v) is 7.50. The fourth-order valence-electron chi connectivity index (χ4n) is 7.50. The summed E-state index contributed by atoms with van der Waals surface area (Å²) in [4.78, 5) is 2.46. The Morgan fingerprint density at radius 2 is 0.927 bits per heavy atom. The first kappa shape index (κ1) is 24.0. The molecule has 0 radical (unpaired) electrons. The third-order valence-corrected chi connectivity index (χ3v) is 9.09. The average Bonchev–Trinajstić information content (AvgIpc) is 3.02. The smallest absolute Gasteiger partial charge is 0.242 e. The molecule has 0 atom stereocenters. The summed E-state index contributed by atoms with van der Waals surface area (Å²) in [7, 11) is 0. The van der Waals surface area contributed by atoms with Crippen LogP contribution in [0.5, 0.6) is 0 Å². The number of para-hydroxylation sites is 1. The molecule has 0 N–H and O–H groups in total. The Balaban J connectivity index is 1.56. The molecule has 6 aromatic carbocycles. The first-order chi connectivity index (χ1) is 20.2. The molecule has 1 nitrogen and oxygen atoms in total. The van der Waals surface area contributed by atoms with Gasteiger partial charge in [-0.2, -0.15) is 0 Å². The van der Waals surface area contributed by atoms with Gasteiger partial charge in [0.05, 0.1) is 16.8 Å². The second-order valence-corrected chi connectivity index (χ2v) is 11.5. The van der Waals surface area contributed by atoms with E-state index in [0.29, 0.717) is 0 Å². The molecule has 0 aromatic heterocycles. The van der Waals surface area contributed by atoms with E-state index < -0.39 is 5.41 Å². The molecule has 0 fully saturated rings. The Kier molecular flexibility index (Phi) is 5.34. The lowest BCUT2D eigenvalue weighted by molar-refractivity contribution is 0.734. The molecule has 0 aliphatic carbocycles. The van der Waals surface area contributed by atoms with Gasteiger partial charge in [-0.1, -0.05) is 149 Å². The van der Waals surface area contributed by atoms with Crippen molar-refractivity contribution < 1.29 is 0 Å². The highest BCUT2D eigenvalue weighted by atomic mass is 15.2. The molecule has 1 spiro atoms. The minimum Gasteiger partial charge on any atom is -0.310 e. The molecule has 0 saturated heterocycles. The van der Waals surface area contributed by atoms with Gasteiger partial charge in [0.2, 0.25) is 6.71 Å². The first-order valence-corrected chi connectivity index (χ1v) is 14.5. The molecule has 6 aromatic rings. The average molecular weight is 523 g/mol. The van der Waals surface area contributed by atoms with Crippen LogP contribution in [0.2, 0.25) is 0 Å². The van der Waals surface area contributed by atoms with Gasteiger partial charge < -0.3 is 4.90 Å². The second kappa shape index (κ2) is 9.11. The van der Waals surface area contributed by atoms with Gasteiger partial charge in [0.25, 0.3) is 0 Å². The van der Waals surface area contributed by atoms with Crippen molar-refractivity contribution in [3.8, 4) is 0 Å². The molecule has 41 heavy (non-hydrogen) atoms. The van der Waals surface area contributed by atoms with Gasteiger partial charge in [0, 0.05) is 5.69 Å². The molecule has 0 saturated carbocycles. The zero-order valence-electron chi connectivity index (χ0n) is 23.4. The third kappa shape index (κ3) is 3.37. The minimum atomic E-state index is -0.452. The van der Waals surface area contributed by atoms with Crippen LogP contribution >= 0.6 is 0 Å². The van der Waals surface area contributed by atoms with Gasteiger partial charge in [-0.3, -0.25) is 0 Å². The minimum absolute atomic E-state index is 0.169. The summed E-state index contributed by atoms with van der Waals surface area (Å²) in [6.07, 6.45) is 0. The number of anilines is 3. The van der Waals surface area contributed by atoms with Crippen molar-refractivity contribution in [1.82, 2.24) is 0 Å². The van der Waals surface area contributed by atoms with Crippen LogP contribution in [-0.2, 0) is 5.41 Å². The van der Waals surface area contributed by atoms with Crippen LogP contribution in [0.4, 0.5) is 17.1 Å². The van der Waals surface area contributed by atoms with Crippen LogP contribution in [0, 0.1) is 13.8 Å². The maximum Gasteiger partial charge on any atom is 0.242 e. The Morgan fingerprint density at radius 3 is 1.46 bits per heavy atom. The van der Waals surface area contributed by atoms with Crippen LogP contribution in [0.3, 0.4) is 0 Å². The van der Waals surface area contributed by atoms with Gasteiger partial charge in [-0.05, 0) is 60.4 Å². The fraction of sp³-hybridized carbons (Fsp3) is 0.0769. The summed E-state index contributed by atoms with van der Waals surface area (Å²) in [6, 6.07) is 54.2. The topological polar surface area (TPSA) is 3.24 Å². The Hall–Kier alpha value is -4.82. The number of benzene rings is 6. The van der Waals surface area contributed by atoms with Crippen molar-refractivity contribution in [2.75, 3.05) is 4.90 Å². The SMILES string of the molecule is Cc1ccc2c(c1)C1(c3ccccc3B(c3ccccc3)c3ccccc31)c1cc(C)ccc1N2c1ccccc1. The van der Waals surface area contributed by atoms with E-state index in [-0.39, 0.29) is 6.71 Å². The van der Waals surface area contributed by atoms with Gasteiger partial charge in [-0.25, -0.2) is 0 Å². The predicted molar refractivity (Wildman–Crippen MR) is 174 cm³/mol. The molecule has 0 unspecified atom stereocenters. The van der Waals surface area contributed by atoms with E-state index in [1.54, 1.807) is 0 Å². The van der Waals surface area contributed by atoms with Crippen molar-refractivity contribution in [3.63, 3.8) is 0 Å². The van der Waals surface area contributed by atoms with E-state index in [0.717, 1.165) is 0 Å². The largest absolute Gasteiger partial charge is 0.310 e. The Morgan fingerprint density at radius 1 is 0.463 bits per heavy atom. The van der Waals surface area contributed by atoms with Crippen molar-refractivity contribution >= 4 is 40.2 Å². The highest BCUT2D eigenvalue weighted by Gasteiger charge is 2.52. The zero-order chi connectivity index (χ0) is 27.6. The first-order valence-electron chi connectivity index (χ1n) is 14.5. The second-order valence-electron chi connectivity index (χ2n) is 11.5. The summed E-state index contributed by atoms with van der Waals surface area (Å²) in [5.74, 6) is 0. The lowest BCUT2D eigenvalue weighted by Crippen LogP contribution is -2.62. The van der Waals surface area contributed by atoms with E-state index in [9.17, 15) is 0 Å². The number of aryl methyl sites for hydroxylation is 2. The molecule has 8 rings (SSSR count). The van der Waals surface area contributed by atoms with E-state index >= 15 is 0 Å². The maximum absolute atomic E-state index is 2.46. The predicted octanol–water partition coefficient (Wildman–Crippen LogP) is 7.30. The van der Waals surface area contributed by atoms with Gasteiger partial charge in [0.15, 0.2) is 0 Å². The summed E-state index contributed by atoms with van der Waals surface area (Å²) in [6.45, 7) is 4.61. The van der Waals surface area contributed by atoms with Crippen molar-refractivity contribution in [2.24, 2.45) is 0 Å². The van der Waals surface area contributed by atoms with Crippen molar-refractivity contribution in [2.45, 2.75) is 19.3 Å². The summed E-state index contributed by atoms with van der Waals surface area (Å²) >= 11 is 0. The molecule has 2 heteroatoms. The van der Waals surface area contributed by atoms with Crippen molar-refractivity contribution in [1.29, 1.82) is 0 Å². The van der Waals surface area contributed by atoms with Crippen LogP contribution < -0.4 is 21.3 Å². The maximum atomic E-state index is 2.46. The molecule has 194 valence electrons. The molecule has 2 aliphatic rings. The lowest BCUT2D eigenvalue weighted by atomic mass is 9.30. The van der Waals surface area contributed by atoms with Crippen LogP contribution in [-0.4, -0.2) is 6.71 Å². The van der Waals surface area contributed by atoms with Crippen molar-refractivity contribution in [3.05, 3.63) is 179 Å². The van der Waals surface area contributed by atoms with Crippen LogP contribution in [0.1, 0.15) is 33.4 Å². The number of rotatable bonds is 2. The normalized spacial score (nSPS) is 14.2. The molecule has 0 bridgehead atoms. The number of fused-ring (bicyclic) bond motifs is 8. The zero-order valence-corrected chi connectivity index (χ0v) is 23.4. The van der Waals surface area contributed by atoms with Crippen LogP contribution in [0.15, 0.2) is 146 Å². The molecule has 0 amide bonds. The van der Waals surface area contributed by atoms with E-state index in [2.05, 4.69) is 164 Å². The molecular formula is C39H30BN. The van der Waals surface area contributed by atoms with E-state index in [4.69, 9.17) is 0 Å². The quantitative estimate of drug-likeness (QED) is 0.215. The molecular weight excluding hydrogens is 493 g/mol. The summed E-state index contributed by atoms with van der Waals surface area (Å²) in [5.41, 5.74) is 15.3. The Bertz CT molecular complexity index is 1820. The van der Waals surface area contributed by atoms with E-state index in [1.165, 1.54) is 66.8 Å². The summed E-state index contributed by atoms with van der Waals surface area (Å²) in [5, 5.41) is 0. The lowest BCUT2D eigenvalue weighted by Gasteiger charge is -2.50. The highest BCUT2D eigenvalue weighted by Crippen LogP contribution is 2.58. The standard InChI is InChI=1S/C39H30BN/c1-27-21-23-37-33(25-27)39(34-26-28(2)22-24-38(34)41(37)30-15-7-4-8-16-30)31-17-9-11-19-35(31)40(29-13-5-3-6-14-29)36-20-12-10-18-32(36)39/h3-26H,1-2H3. The number of hydrogen-bond donors (Lipinski definition) is 0. The molecule has 2 heterocycles. The monoisotopic (exact) mass is 523 g/mol. The number of hydrogen-bond acceptors (Lipinski definition) is 1. The highest BCUT2D eigenvalue weighted by molar-refractivity contribution is 6.96. The molecule has 2 aliphatic heterocycles. The van der Waals surface area contributed by atoms with Gasteiger partial charge in [-0.15, -0.1) is 0 Å². The van der Waals surface area contributed by atoms with Gasteiger partial charge >= 0.3 is 0 Å². The van der Waals surface area contributed by atoms with Gasteiger partial charge in [0.1, 0.15) is 0 Å². The third-order valence-electron chi connectivity index (χ3n) is 9.09. The summed E-state index contributed by atoms with van der Waals surface area (Å²) < 4.78 is 0.